The Hall–Kier alpha value is -2.04. The van der Waals surface area contributed by atoms with E-state index in [1.54, 1.807) is 0 Å². The Bertz CT molecular complexity index is 771. The smallest absolute Gasteiger partial charge is 0.138 e. The second-order valence-electron chi connectivity index (χ2n) is 6.07. The number of amidine groups is 1. The van der Waals surface area contributed by atoms with Crippen LogP contribution in [-0.2, 0) is 0 Å². The summed E-state index contributed by atoms with van der Waals surface area (Å²) in [5, 5.41) is 7.68. The molecule has 0 amide bonds. The highest BCUT2D eigenvalue weighted by Gasteiger charge is 2.24. The van der Waals surface area contributed by atoms with Crippen molar-refractivity contribution in [2.24, 2.45) is 4.99 Å². The van der Waals surface area contributed by atoms with Crippen LogP contribution in [0.5, 0.6) is 0 Å². The molecule has 2 aromatic rings. The molecular formula is C18H19ClN4. The monoisotopic (exact) mass is 326 g/mol. The first-order chi connectivity index (χ1) is 11.2. The molecule has 1 saturated heterocycles. The number of para-hydroxylation sites is 1. The van der Waals surface area contributed by atoms with Gasteiger partial charge in [-0.25, -0.2) is 4.99 Å². The highest BCUT2D eigenvalue weighted by atomic mass is 35.5. The minimum absolute atomic E-state index is 0.452. The highest BCUT2D eigenvalue weighted by molar-refractivity contribution is 6.31. The average molecular weight is 327 g/mol. The van der Waals surface area contributed by atoms with Gasteiger partial charge in [0.1, 0.15) is 5.84 Å². The van der Waals surface area contributed by atoms with E-state index in [0.29, 0.717) is 11.1 Å². The number of rotatable bonds is 0. The summed E-state index contributed by atoms with van der Waals surface area (Å²) in [6.45, 7) is 5.08. The van der Waals surface area contributed by atoms with Crippen molar-refractivity contribution in [3.8, 4) is 0 Å². The van der Waals surface area contributed by atoms with Gasteiger partial charge in [-0.2, -0.15) is 0 Å². The summed E-state index contributed by atoms with van der Waals surface area (Å²) in [6.07, 6.45) is 0. The van der Waals surface area contributed by atoms with E-state index in [9.17, 15) is 0 Å². The summed E-state index contributed by atoms with van der Waals surface area (Å²) in [5.74, 6) is 1.02. The van der Waals surface area contributed by atoms with Gasteiger partial charge in [0, 0.05) is 41.9 Å². The van der Waals surface area contributed by atoms with Gasteiger partial charge in [-0.05, 0) is 37.3 Å². The van der Waals surface area contributed by atoms with Crippen molar-refractivity contribution in [1.82, 2.24) is 10.2 Å². The van der Waals surface area contributed by atoms with Crippen molar-refractivity contribution in [2.45, 2.75) is 13.0 Å². The first-order valence-electron chi connectivity index (χ1n) is 7.94. The fourth-order valence-electron chi connectivity index (χ4n) is 3.18. The molecule has 2 N–H and O–H groups in total. The van der Waals surface area contributed by atoms with Gasteiger partial charge in [0.15, 0.2) is 0 Å². The SMILES string of the molecule is CC1CN(C2=Nc3cc(Cl)ccc3Nc3ccccc32)CCN1. The molecule has 1 atom stereocenters. The highest BCUT2D eigenvalue weighted by Crippen LogP contribution is 2.36. The van der Waals surface area contributed by atoms with Gasteiger partial charge >= 0.3 is 0 Å². The van der Waals surface area contributed by atoms with Gasteiger partial charge in [0.25, 0.3) is 0 Å². The van der Waals surface area contributed by atoms with Crippen molar-refractivity contribution < 1.29 is 0 Å². The lowest BCUT2D eigenvalue weighted by Gasteiger charge is -2.34. The normalized spacial score (nSPS) is 20.0. The molecule has 2 heterocycles. The molecule has 4 nitrogen and oxygen atoms in total. The van der Waals surface area contributed by atoms with Crippen molar-refractivity contribution in [1.29, 1.82) is 0 Å². The van der Waals surface area contributed by atoms with Crippen LogP contribution >= 0.6 is 11.6 Å². The predicted octanol–water partition coefficient (Wildman–Crippen LogP) is 3.77. The summed E-state index contributed by atoms with van der Waals surface area (Å²) >= 11 is 6.18. The topological polar surface area (TPSA) is 39.7 Å². The van der Waals surface area contributed by atoms with Crippen LogP contribution in [0, 0.1) is 0 Å². The average Bonchev–Trinajstić information content (AvgIpc) is 2.71. The minimum atomic E-state index is 0.452. The summed E-state index contributed by atoms with van der Waals surface area (Å²) in [4.78, 5) is 7.33. The quantitative estimate of drug-likeness (QED) is 0.774. The number of hydrogen-bond donors (Lipinski definition) is 2. The van der Waals surface area contributed by atoms with Crippen molar-refractivity contribution >= 4 is 34.5 Å². The standard InChI is InChI=1S/C18H19ClN4/c1-12-11-23(9-8-20-12)18-14-4-2-3-5-15(14)21-16-7-6-13(19)10-17(16)22-18/h2-7,10,12,20-21H,8-9,11H2,1H3. The number of piperazine rings is 1. The Morgan fingerprint density at radius 1 is 1.17 bits per heavy atom. The molecule has 2 aromatic carbocycles. The van der Waals surface area contributed by atoms with E-state index >= 15 is 0 Å². The number of hydrogen-bond acceptors (Lipinski definition) is 4. The van der Waals surface area contributed by atoms with E-state index in [2.05, 4.69) is 40.7 Å². The van der Waals surface area contributed by atoms with Crippen LogP contribution < -0.4 is 10.6 Å². The molecule has 118 valence electrons. The van der Waals surface area contributed by atoms with E-state index in [4.69, 9.17) is 16.6 Å². The first-order valence-corrected chi connectivity index (χ1v) is 8.31. The van der Waals surface area contributed by atoms with Gasteiger partial charge in [0.05, 0.1) is 11.4 Å². The second-order valence-corrected chi connectivity index (χ2v) is 6.51. The van der Waals surface area contributed by atoms with E-state index < -0.39 is 0 Å². The second kappa shape index (κ2) is 5.87. The zero-order valence-corrected chi connectivity index (χ0v) is 13.8. The molecule has 23 heavy (non-hydrogen) atoms. The largest absolute Gasteiger partial charge is 0.353 e. The Kier molecular flexibility index (Phi) is 3.71. The first kappa shape index (κ1) is 14.5. The third-order valence-corrected chi connectivity index (χ3v) is 4.53. The number of fused-ring (bicyclic) bond motifs is 2. The molecule has 1 fully saturated rings. The van der Waals surface area contributed by atoms with Crippen molar-refractivity contribution in [3.05, 3.63) is 53.1 Å². The fraction of sp³-hybridized carbons (Fsp3) is 0.278. The lowest BCUT2D eigenvalue weighted by Crippen LogP contribution is -2.51. The predicted molar refractivity (Wildman–Crippen MR) is 96.4 cm³/mol. The molecule has 1 unspecified atom stereocenters. The Balaban J connectivity index is 1.86. The van der Waals surface area contributed by atoms with Gasteiger partial charge in [-0.15, -0.1) is 0 Å². The molecule has 2 aliphatic heterocycles. The lowest BCUT2D eigenvalue weighted by atomic mass is 10.1. The maximum Gasteiger partial charge on any atom is 0.138 e. The Morgan fingerprint density at radius 3 is 2.91 bits per heavy atom. The van der Waals surface area contributed by atoms with Crippen LogP contribution in [0.25, 0.3) is 0 Å². The van der Waals surface area contributed by atoms with Gasteiger partial charge < -0.3 is 15.5 Å². The van der Waals surface area contributed by atoms with Gasteiger partial charge in [0.2, 0.25) is 0 Å². The van der Waals surface area contributed by atoms with Crippen LogP contribution in [0.2, 0.25) is 5.02 Å². The van der Waals surface area contributed by atoms with Crippen LogP contribution in [0.3, 0.4) is 0 Å². The van der Waals surface area contributed by atoms with E-state index in [1.165, 1.54) is 0 Å². The molecule has 4 rings (SSSR count). The number of halogens is 1. The summed E-state index contributed by atoms with van der Waals surface area (Å²) in [7, 11) is 0. The minimum Gasteiger partial charge on any atom is -0.353 e. The molecule has 2 aliphatic rings. The maximum absolute atomic E-state index is 6.18. The van der Waals surface area contributed by atoms with Crippen LogP contribution in [0.15, 0.2) is 47.5 Å². The van der Waals surface area contributed by atoms with Gasteiger partial charge in [-0.3, -0.25) is 0 Å². The van der Waals surface area contributed by atoms with E-state index in [0.717, 1.165) is 48.1 Å². The Morgan fingerprint density at radius 2 is 2.04 bits per heavy atom. The van der Waals surface area contributed by atoms with Crippen molar-refractivity contribution in [3.63, 3.8) is 0 Å². The fourth-order valence-corrected chi connectivity index (χ4v) is 3.34. The molecule has 0 aromatic heterocycles. The summed E-state index contributed by atoms with van der Waals surface area (Å²) < 4.78 is 0. The van der Waals surface area contributed by atoms with Crippen LogP contribution in [-0.4, -0.2) is 36.4 Å². The number of benzene rings is 2. The van der Waals surface area contributed by atoms with Crippen molar-refractivity contribution in [2.75, 3.05) is 25.0 Å². The van der Waals surface area contributed by atoms with E-state index in [-0.39, 0.29) is 0 Å². The molecule has 0 aliphatic carbocycles. The Labute approximate surface area is 141 Å². The molecule has 0 bridgehead atoms. The molecule has 5 heteroatoms. The number of nitrogens with zero attached hydrogens (tertiary/aromatic N) is 2. The molecule has 0 saturated carbocycles. The molecule has 0 radical (unpaired) electrons. The summed E-state index contributed by atoms with van der Waals surface area (Å²) in [6, 6.07) is 14.6. The molecular weight excluding hydrogens is 308 g/mol. The third kappa shape index (κ3) is 2.80. The zero-order valence-electron chi connectivity index (χ0n) is 13.0. The summed E-state index contributed by atoms with van der Waals surface area (Å²) in [5.41, 5.74) is 4.09. The van der Waals surface area contributed by atoms with Gasteiger partial charge in [-0.1, -0.05) is 23.7 Å². The van der Waals surface area contributed by atoms with E-state index in [1.807, 2.05) is 24.3 Å². The number of anilines is 2. The number of nitrogens with one attached hydrogen (secondary N) is 2. The molecule has 0 spiro atoms. The maximum atomic E-state index is 6.18. The van der Waals surface area contributed by atoms with Crippen LogP contribution in [0.1, 0.15) is 12.5 Å². The number of aliphatic imine (C=N–C) groups is 1. The lowest BCUT2D eigenvalue weighted by molar-refractivity contribution is 0.304. The zero-order chi connectivity index (χ0) is 15.8. The third-order valence-electron chi connectivity index (χ3n) is 4.29. The van der Waals surface area contributed by atoms with Crippen LogP contribution in [0.4, 0.5) is 17.1 Å².